The smallest absolute Gasteiger partial charge is 0.126 e. The highest BCUT2D eigenvalue weighted by Gasteiger charge is 2.34. The van der Waals surface area contributed by atoms with Crippen LogP contribution in [0.25, 0.3) is 0 Å². The Morgan fingerprint density at radius 3 is 1.40 bits per heavy atom. The van der Waals surface area contributed by atoms with Gasteiger partial charge in [-0.05, 0) is 194 Å². The number of hydrogen-bond acceptors (Lipinski definition) is 4. The van der Waals surface area contributed by atoms with Crippen molar-refractivity contribution in [3.63, 3.8) is 0 Å². The molecule has 5 rings (SSSR count). The number of allylic oxidation sites excluding steroid dienone is 1. The van der Waals surface area contributed by atoms with Gasteiger partial charge in [0.05, 0.1) is 25.9 Å². The number of halogens is 4. The molecular weight excluding hydrogens is 1050 g/mol. The van der Waals surface area contributed by atoms with Crippen molar-refractivity contribution in [2.75, 3.05) is 26.4 Å². The van der Waals surface area contributed by atoms with E-state index in [1.54, 1.807) is 0 Å². The molecule has 0 heterocycles. The van der Waals surface area contributed by atoms with Gasteiger partial charge < -0.3 is 18.9 Å². The van der Waals surface area contributed by atoms with E-state index in [1.165, 1.54) is 49.7 Å². The zero-order chi connectivity index (χ0) is 34.2. The summed E-state index contributed by atoms with van der Waals surface area (Å²) in [5.41, 5.74) is 8.81. The number of benzene rings is 3. The Balaban J connectivity index is 1.78. The van der Waals surface area contributed by atoms with Gasteiger partial charge in [-0.2, -0.15) is 0 Å². The lowest BCUT2D eigenvalue weighted by atomic mass is 9.79. The Morgan fingerprint density at radius 1 is 0.562 bits per heavy atom. The molecule has 8 heteroatoms. The predicted molar refractivity (Wildman–Crippen MR) is 232 cm³/mol. The molecule has 2 aliphatic rings. The van der Waals surface area contributed by atoms with Crippen LogP contribution in [0.15, 0.2) is 48.0 Å². The Kier molecular flexibility index (Phi) is 15.4. The maximum atomic E-state index is 6.82. The number of hydrogen-bond donors (Lipinski definition) is 0. The SMILES string of the molecule is CCCOc1c2cc(I)cc1Cc1cc(I)cc(c1OCCC)Cc1cc(I)cc(c1OCCC)C[C@H]1C[C@@H](I)C=C(C2)[C@H]1OCCC. The molecule has 3 aromatic carbocycles. The van der Waals surface area contributed by atoms with E-state index in [4.69, 9.17) is 18.9 Å². The molecule has 48 heavy (non-hydrogen) atoms. The second kappa shape index (κ2) is 19.0. The first-order valence-electron chi connectivity index (χ1n) is 17.5. The van der Waals surface area contributed by atoms with E-state index < -0.39 is 0 Å². The van der Waals surface area contributed by atoms with E-state index in [-0.39, 0.29) is 6.10 Å². The molecule has 0 unspecified atom stereocenters. The highest BCUT2D eigenvalue weighted by Crippen LogP contribution is 2.42. The molecule has 0 radical (unpaired) electrons. The monoisotopic (exact) mass is 1100 g/mol. The number of rotatable bonds is 12. The molecule has 0 saturated carbocycles. The standard InChI is InChI=1S/C40H48I4O4/c1-5-9-45-37-25-13-27-19-34(42)21-29(38(27)46-10-6-2)15-31-23-36(44)24-32(40(31)48-12-8-4)16-30-22-35(43)20-28(39(30)47-11-7-3)14-26(37)18-33(41)17-25/h17-23,32,36,40H,5-16,24H2,1-4H3/t32-,36-,40+/m0/s1. The largest absolute Gasteiger partial charge is 0.493 e. The van der Waals surface area contributed by atoms with Crippen molar-refractivity contribution in [2.45, 2.75) is 95.5 Å². The Labute approximate surface area is 342 Å². The summed E-state index contributed by atoms with van der Waals surface area (Å²) in [5.74, 6) is 3.44. The summed E-state index contributed by atoms with van der Waals surface area (Å²) >= 11 is 10.1. The van der Waals surface area contributed by atoms with Gasteiger partial charge in [-0.25, -0.2) is 0 Å². The third-order valence-corrected chi connectivity index (χ3v) is 11.6. The van der Waals surface area contributed by atoms with Gasteiger partial charge in [-0.1, -0.05) is 56.4 Å². The van der Waals surface area contributed by atoms with Gasteiger partial charge in [0.25, 0.3) is 0 Å². The summed E-state index contributed by atoms with van der Waals surface area (Å²) in [6.07, 6.45) is 10.7. The minimum atomic E-state index is 0.0490. The Morgan fingerprint density at radius 2 is 0.958 bits per heavy atom. The van der Waals surface area contributed by atoms with Gasteiger partial charge in [-0.15, -0.1) is 0 Å². The van der Waals surface area contributed by atoms with Gasteiger partial charge in [0.15, 0.2) is 0 Å². The highest BCUT2D eigenvalue weighted by atomic mass is 127. The van der Waals surface area contributed by atoms with Gasteiger partial charge in [0, 0.05) is 34.1 Å². The van der Waals surface area contributed by atoms with E-state index in [2.05, 4.69) is 161 Å². The van der Waals surface area contributed by atoms with E-state index in [0.29, 0.717) is 29.7 Å². The first-order chi connectivity index (χ1) is 23.2. The van der Waals surface area contributed by atoms with E-state index in [0.717, 1.165) is 81.6 Å². The van der Waals surface area contributed by atoms with Crippen LogP contribution in [0.2, 0.25) is 0 Å². The summed E-state index contributed by atoms with van der Waals surface area (Å²) in [4.78, 5) is 0. The fourth-order valence-electron chi connectivity index (χ4n) is 6.97. The summed E-state index contributed by atoms with van der Waals surface area (Å²) in [5, 5.41) is 0. The molecule has 0 saturated heterocycles. The second-order valence-corrected chi connectivity index (χ2v) is 18.3. The fourth-order valence-corrected chi connectivity index (χ4v) is 10.3. The summed E-state index contributed by atoms with van der Waals surface area (Å²) in [6, 6.07) is 13.9. The molecule has 8 bridgehead atoms. The number of fused-ring (bicyclic) bond motifs is 8. The van der Waals surface area contributed by atoms with Crippen LogP contribution >= 0.6 is 90.4 Å². The fraction of sp³-hybridized carbons (Fsp3) is 0.500. The molecule has 260 valence electrons. The van der Waals surface area contributed by atoms with Crippen molar-refractivity contribution in [3.05, 3.63) is 92.1 Å². The lowest BCUT2D eigenvalue weighted by molar-refractivity contribution is 0.0294. The van der Waals surface area contributed by atoms with Gasteiger partial charge in [-0.3, -0.25) is 0 Å². The van der Waals surface area contributed by atoms with Crippen molar-refractivity contribution >= 4 is 90.4 Å². The topological polar surface area (TPSA) is 36.9 Å². The zero-order valence-corrected chi connectivity index (χ0v) is 37.2. The predicted octanol–water partition coefficient (Wildman–Crippen LogP) is 11.7. The van der Waals surface area contributed by atoms with Crippen LogP contribution in [0.4, 0.5) is 0 Å². The van der Waals surface area contributed by atoms with Crippen molar-refractivity contribution in [1.29, 1.82) is 0 Å². The van der Waals surface area contributed by atoms with Gasteiger partial charge in [0.2, 0.25) is 0 Å². The molecule has 0 amide bonds. The maximum absolute atomic E-state index is 6.82. The van der Waals surface area contributed by atoms with Crippen LogP contribution in [0.5, 0.6) is 17.2 Å². The molecule has 3 atom stereocenters. The number of ether oxygens (including phenoxy) is 4. The van der Waals surface area contributed by atoms with Gasteiger partial charge in [0.1, 0.15) is 17.2 Å². The van der Waals surface area contributed by atoms with Crippen molar-refractivity contribution in [2.24, 2.45) is 5.92 Å². The molecule has 4 nitrogen and oxygen atoms in total. The molecule has 0 aromatic heterocycles. The first kappa shape index (κ1) is 38.9. The third kappa shape index (κ3) is 9.96. The minimum Gasteiger partial charge on any atom is -0.493 e. The molecule has 0 N–H and O–H groups in total. The number of alkyl halides is 1. The van der Waals surface area contributed by atoms with E-state index in [1.807, 2.05) is 0 Å². The maximum Gasteiger partial charge on any atom is 0.126 e. The normalized spacial score (nSPS) is 19.1. The summed E-state index contributed by atoms with van der Waals surface area (Å²) in [7, 11) is 0. The van der Waals surface area contributed by atoms with Crippen molar-refractivity contribution in [1.82, 2.24) is 0 Å². The van der Waals surface area contributed by atoms with Crippen LogP contribution in [0.1, 0.15) is 93.2 Å². The lowest BCUT2D eigenvalue weighted by Crippen LogP contribution is -2.35. The quantitative estimate of drug-likeness (QED) is 0.103. The van der Waals surface area contributed by atoms with E-state index >= 15 is 0 Å². The lowest BCUT2D eigenvalue weighted by Gasteiger charge is -2.36. The Hall–Kier alpha value is -0.320. The molecule has 0 aliphatic heterocycles. The van der Waals surface area contributed by atoms with Crippen molar-refractivity contribution < 1.29 is 18.9 Å². The zero-order valence-electron chi connectivity index (χ0n) is 28.6. The van der Waals surface area contributed by atoms with E-state index in [9.17, 15) is 0 Å². The molecule has 0 fully saturated rings. The van der Waals surface area contributed by atoms with Crippen LogP contribution < -0.4 is 14.2 Å². The van der Waals surface area contributed by atoms with Crippen molar-refractivity contribution in [3.8, 4) is 17.2 Å². The highest BCUT2D eigenvalue weighted by molar-refractivity contribution is 14.1. The van der Waals surface area contributed by atoms with Gasteiger partial charge >= 0.3 is 0 Å². The third-order valence-electron chi connectivity index (χ3n) is 8.83. The first-order valence-corrected chi connectivity index (χ1v) is 22.0. The molecule has 2 aliphatic carbocycles. The van der Waals surface area contributed by atoms with Crippen LogP contribution in [0.3, 0.4) is 0 Å². The Bertz CT molecular complexity index is 1590. The summed E-state index contributed by atoms with van der Waals surface area (Å²) < 4.78 is 31.0. The van der Waals surface area contributed by atoms with Crippen LogP contribution in [0, 0.1) is 16.6 Å². The molecule has 3 aromatic rings. The average Bonchev–Trinajstić information content (AvgIpc) is 3.03. The average molecular weight is 1100 g/mol. The second-order valence-electron chi connectivity index (χ2n) is 13.0. The molecular formula is C40H48I4O4. The van der Waals surface area contributed by atoms with Crippen LogP contribution in [-0.4, -0.2) is 36.5 Å². The molecule has 0 spiro atoms. The van der Waals surface area contributed by atoms with Crippen LogP contribution in [-0.2, 0) is 30.4 Å². The summed E-state index contributed by atoms with van der Waals surface area (Å²) in [6.45, 7) is 11.6. The minimum absolute atomic E-state index is 0.0490.